The second kappa shape index (κ2) is 11.6. The lowest BCUT2D eigenvalue weighted by Gasteiger charge is -2.45. The summed E-state index contributed by atoms with van der Waals surface area (Å²) in [6.45, 7) is 0.660. The molecule has 2 aromatic carbocycles. The van der Waals surface area contributed by atoms with Crippen molar-refractivity contribution in [1.29, 1.82) is 0 Å². The molecule has 0 aliphatic carbocycles. The zero-order chi connectivity index (χ0) is 30.5. The number of hydrogen-bond donors (Lipinski definition) is 9. The third-order valence-corrected chi connectivity index (χ3v) is 7.23. The van der Waals surface area contributed by atoms with Crippen LogP contribution in [0.15, 0.2) is 45.6 Å². The first kappa shape index (κ1) is 30.0. The molecule has 3 aromatic rings. The maximum Gasteiger partial charge on any atom is 0.238 e. The van der Waals surface area contributed by atoms with Crippen LogP contribution in [0.4, 0.5) is 0 Å². The van der Waals surface area contributed by atoms with Crippen LogP contribution in [0.25, 0.3) is 22.3 Å². The van der Waals surface area contributed by atoms with Crippen LogP contribution in [-0.2, 0) is 14.2 Å². The van der Waals surface area contributed by atoms with E-state index in [9.17, 15) is 50.8 Å². The molecule has 0 radical (unpaired) electrons. The molecular weight excluding hydrogens is 564 g/mol. The molecule has 0 amide bonds. The lowest BCUT2D eigenvalue weighted by Crippen LogP contribution is -2.64. The van der Waals surface area contributed by atoms with Crippen LogP contribution in [0.2, 0.25) is 0 Å². The Balaban J connectivity index is 1.50. The van der Waals surface area contributed by atoms with Gasteiger partial charge < -0.3 is 69.3 Å². The van der Waals surface area contributed by atoms with E-state index < -0.39 is 84.9 Å². The van der Waals surface area contributed by atoms with Crippen molar-refractivity contribution in [2.24, 2.45) is 0 Å². The van der Waals surface area contributed by atoms with Crippen LogP contribution in [0.1, 0.15) is 6.92 Å². The van der Waals surface area contributed by atoms with Crippen molar-refractivity contribution in [2.75, 3.05) is 6.61 Å². The molecule has 0 unspecified atom stereocenters. The van der Waals surface area contributed by atoms with Gasteiger partial charge in [0.05, 0.1) is 12.7 Å². The third kappa shape index (κ3) is 5.37. The highest BCUT2D eigenvalue weighted by Gasteiger charge is 2.51. The predicted octanol–water partition coefficient (Wildman–Crippen LogP) is -1.39. The maximum atomic E-state index is 12.9. The molecule has 15 nitrogen and oxygen atoms in total. The zero-order valence-electron chi connectivity index (χ0n) is 21.9. The molecule has 2 aliphatic heterocycles. The van der Waals surface area contributed by atoms with Crippen molar-refractivity contribution in [3.63, 3.8) is 0 Å². The lowest BCUT2D eigenvalue weighted by atomic mass is 9.97. The second-order valence-corrected chi connectivity index (χ2v) is 10.1. The highest BCUT2D eigenvalue weighted by molar-refractivity contribution is 5.88. The number of hydrogen-bond acceptors (Lipinski definition) is 15. The topological polar surface area (TPSA) is 249 Å². The molecule has 0 spiro atoms. The molecule has 2 aliphatic rings. The van der Waals surface area contributed by atoms with Gasteiger partial charge in [-0.3, -0.25) is 4.79 Å². The summed E-state index contributed by atoms with van der Waals surface area (Å²) >= 11 is 0. The average Bonchev–Trinajstić information content (AvgIpc) is 2.96. The summed E-state index contributed by atoms with van der Waals surface area (Å²) < 4.78 is 28.2. The van der Waals surface area contributed by atoms with Gasteiger partial charge in [-0.05, 0) is 31.2 Å². The number of aliphatic hydroxyl groups excluding tert-OH is 6. The Bertz CT molecular complexity index is 1470. The Morgan fingerprint density at radius 1 is 0.833 bits per heavy atom. The van der Waals surface area contributed by atoms with Crippen molar-refractivity contribution < 1.29 is 69.3 Å². The summed E-state index contributed by atoms with van der Waals surface area (Å²) in [6.07, 6.45) is -15.6. The minimum absolute atomic E-state index is 0.0706. The molecule has 42 heavy (non-hydrogen) atoms. The predicted molar refractivity (Wildman–Crippen MR) is 139 cm³/mol. The number of phenols is 2. The summed E-state index contributed by atoms with van der Waals surface area (Å²) in [5.74, 6) is -2.00. The van der Waals surface area contributed by atoms with Gasteiger partial charge in [-0.15, -0.1) is 0 Å². The summed E-state index contributed by atoms with van der Waals surface area (Å²) in [4.78, 5) is 12.9. The van der Waals surface area contributed by atoms with E-state index in [0.717, 1.165) is 6.07 Å². The molecule has 228 valence electrons. The Morgan fingerprint density at radius 2 is 1.52 bits per heavy atom. The van der Waals surface area contributed by atoms with E-state index in [1.807, 2.05) is 0 Å². The molecule has 1 aromatic heterocycles. The molecule has 10 atom stereocenters. The normalized spacial score (nSPS) is 33.5. The molecule has 2 saturated heterocycles. The van der Waals surface area contributed by atoms with Crippen LogP contribution in [0.5, 0.6) is 23.0 Å². The Morgan fingerprint density at radius 3 is 2.19 bits per heavy atom. The third-order valence-electron chi connectivity index (χ3n) is 7.23. The van der Waals surface area contributed by atoms with Crippen LogP contribution < -0.4 is 10.2 Å². The summed E-state index contributed by atoms with van der Waals surface area (Å²) in [6, 6.07) is 7.54. The van der Waals surface area contributed by atoms with Gasteiger partial charge >= 0.3 is 0 Å². The largest absolute Gasteiger partial charge is 0.508 e. The minimum Gasteiger partial charge on any atom is -0.508 e. The van der Waals surface area contributed by atoms with Crippen molar-refractivity contribution in [2.45, 2.75) is 68.3 Å². The number of fused-ring (bicyclic) bond motifs is 1. The molecule has 2 fully saturated rings. The average molecular weight is 595 g/mol. The van der Waals surface area contributed by atoms with Gasteiger partial charge in [0.15, 0.2) is 18.2 Å². The fraction of sp³-hybridized carbons (Fsp3) is 0.444. The van der Waals surface area contributed by atoms with E-state index in [1.54, 1.807) is 0 Å². The molecule has 9 N–H and O–H groups in total. The van der Waals surface area contributed by atoms with E-state index in [1.165, 1.54) is 37.3 Å². The quantitative estimate of drug-likeness (QED) is 0.159. The molecule has 3 heterocycles. The number of ether oxygens (including phenoxy) is 4. The van der Waals surface area contributed by atoms with Gasteiger partial charge in [0.1, 0.15) is 64.8 Å². The summed E-state index contributed by atoms with van der Waals surface area (Å²) in [5, 5.41) is 91.7. The van der Waals surface area contributed by atoms with Crippen LogP contribution >= 0.6 is 0 Å². The Hall–Kier alpha value is -3.51. The highest BCUT2D eigenvalue weighted by atomic mass is 16.8. The van der Waals surface area contributed by atoms with Crippen molar-refractivity contribution in [3.05, 3.63) is 46.6 Å². The van der Waals surface area contributed by atoms with Gasteiger partial charge in [-0.1, -0.05) is 0 Å². The number of aromatic hydroxyl groups is 3. The van der Waals surface area contributed by atoms with Crippen LogP contribution in [-0.4, -0.2) is 114 Å². The van der Waals surface area contributed by atoms with Crippen LogP contribution in [0, 0.1) is 0 Å². The monoisotopic (exact) mass is 594 g/mol. The van der Waals surface area contributed by atoms with E-state index >= 15 is 0 Å². The first-order valence-corrected chi connectivity index (χ1v) is 12.9. The molecule has 15 heteroatoms. The SMILES string of the molecule is C[C@@H]1O[C@@H](O[C@@H]2[C@H](Oc3cc(O)c4c(=O)c(O)c(-c5ccc(O)cc5)oc4c3)O[C@@H](CO)[C@@H](O)[C@H]2O)[C@H](O)[C@@H](O)[C@H]1O. The number of rotatable bonds is 6. The van der Waals surface area contributed by atoms with Gasteiger partial charge in [0.2, 0.25) is 17.5 Å². The van der Waals surface area contributed by atoms with Crippen molar-refractivity contribution in [1.82, 2.24) is 0 Å². The van der Waals surface area contributed by atoms with E-state index in [2.05, 4.69) is 0 Å². The number of phenolic OH excluding ortho intramolecular Hbond substituents is 2. The number of benzene rings is 2. The molecule has 0 saturated carbocycles. The van der Waals surface area contributed by atoms with E-state index in [0.29, 0.717) is 0 Å². The Labute approximate surface area is 236 Å². The summed E-state index contributed by atoms with van der Waals surface area (Å²) in [5.41, 5.74) is -0.967. The molecule has 5 rings (SSSR count). The van der Waals surface area contributed by atoms with Gasteiger partial charge in [0.25, 0.3) is 0 Å². The van der Waals surface area contributed by atoms with Gasteiger partial charge in [-0.2, -0.15) is 0 Å². The Kier molecular flexibility index (Phi) is 8.30. The minimum atomic E-state index is -1.79. The maximum absolute atomic E-state index is 12.9. The molecule has 0 bridgehead atoms. The second-order valence-electron chi connectivity index (χ2n) is 10.1. The van der Waals surface area contributed by atoms with E-state index in [-0.39, 0.29) is 33.8 Å². The fourth-order valence-electron chi connectivity index (χ4n) is 4.85. The molecular formula is C27H30O15. The highest BCUT2D eigenvalue weighted by Crippen LogP contribution is 2.37. The van der Waals surface area contributed by atoms with Crippen molar-refractivity contribution >= 4 is 11.0 Å². The smallest absolute Gasteiger partial charge is 0.238 e. The van der Waals surface area contributed by atoms with Gasteiger partial charge in [-0.25, -0.2) is 0 Å². The first-order chi connectivity index (χ1) is 19.9. The van der Waals surface area contributed by atoms with E-state index in [4.69, 9.17) is 23.4 Å². The fourth-order valence-corrected chi connectivity index (χ4v) is 4.85. The number of aliphatic hydroxyl groups is 6. The first-order valence-electron chi connectivity index (χ1n) is 12.9. The van der Waals surface area contributed by atoms with Crippen molar-refractivity contribution in [3.8, 4) is 34.3 Å². The standard InChI is InChI=1S/C27H30O15/c1-9-17(31)20(34)23(37)26(38-9)42-25-21(35)18(32)15(8-28)41-27(25)39-12-6-13(30)16-14(7-12)40-24(22(36)19(16)33)10-2-4-11(29)5-3-10/h2-7,9,15,17-18,20-21,23,25-32,34-37H,8H2,1H3/t9-,15-,17-,18+,20-,21+,23+,25-,26-,27+/m0/s1. The van der Waals surface area contributed by atoms with Gasteiger partial charge in [0, 0.05) is 17.7 Å². The summed E-state index contributed by atoms with van der Waals surface area (Å²) in [7, 11) is 0. The van der Waals surface area contributed by atoms with Crippen LogP contribution in [0.3, 0.4) is 0 Å². The zero-order valence-corrected chi connectivity index (χ0v) is 21.9. The lowest BCUT2D eigenvalue weighted by molar-refractivity contribution is -0.354.